The molecule has 0 bridgehead atoms. The molecule has 384 valence electrons. The van der Waals surface area contributed by atoms with E-state index in [9.17, 15) is 14.4 Å². The van der Waals surface area contributed by atoms with E-state index in [1.54, 1.807) is 0 Å². The van der Waals surface area contributed by atoms with Gasteiger partial charge in [-0.15, -0.1) is 0 Å². The first-order valence-corrected chi connectivity index (χ1v) is 28.6. The van der Waals surface area contributed by atoms with Crippen molar-refractivity contribution in [2.45, 2.75) is 303 Å². The molecular weight excluding hydrogens is 817 g/mol. The number of rotatable bonds is 52. The number of ether oxygens (including phenoxy) is 3. The molecule has 0 spiro atoms. The first-order valence-electron chi connectivity index (χ1n) is 28.6. The van der Waals surface area contributed by atoms with Gasteiger partial charge in [0.15, 0.2) is 6.10 Å². The molecule has 1 atom stereocenters. The molecule has 0 fully saturated rings. The van der Waals surface area contributed by atoms with E-state index in [1.807, 2.05) is 0 Å². The summed E-state index contributed by atoms with van der Waals surface area (Å²) >= 11 is 0. The van der Waals surface area contributed by atoms with Gasteiger partial charge in [0.2, 0.25) is 0 Å². The molecule has 0 aliphatic heterocycles. The first-order chi connectivity index (χ1) is 32.5. The third kappa shape index (κ3) is 52.3. The normalized spacial score (nSPS) is 12.3. The van der Waals surface area contributed by atoms with Gasteiger partial charge in [-0.25, -0.2) is 0 Å². The molecule has 0 saturated heterocycles. The quantitative estimate of drug-likeness (QED) is 0.0262. The summed E-state index contributed by atoms with van der Waals surface area (Å²) in [5.41, 5.74) is 0. The summed E-state index contributed by atoms with van der Waals surface area (Å²) in [6.45, 7) is 6.61. The van der Waals surface area contributed by atoms with Gasteiger partial charge in [0.25, 0.3) is 0 Å². The lowest BCUT2D eigenvalue weighted by Crippen LogP contribution is -2.30. The Morgan fingerprint density at radius 1 is 0.303 bits per heavy atom. The van der Waals surface area contributed by atoms with Crippen molar-refractivity contribution >= 4 is 17.9 Å². The third-order valence-electron chi connectivity index (χ3n) is 12.5. The van der Waals surface area contributed by atoms with Crippen molar-refractivity contribution in [3.05, 3.63) is 48.6 Å². The average Bonchev–Trinajstić information content (AvgIpc) is 3.31. The van der Waals surface area contributed by atoms with Gasteiger partial charge in [0.1, 0.15) is 13.2 Å². The van der Waals surface area contributed by atoms with Crippen LogP contribution in [0.3, 0.4) is 0 Å². The zero-order valence-corrected chi connectivity index (χ0v) is 44.0. The zero-order valence-electron chi connectivity index (χ0n) is 44.0. The van der Waals surface area contributed by atoms with E-state index in [4.69, 9.17) is 14.2 Å². The molecule has 66 heavy (non-hydrogen) atoms. The number of allylic oxidation sites excluding steroid dienone is 8. The van der Waals surface area contributed by atoms with Gasteiger partial charge in [-0.1, -0.05) is 223 Å². The molecule has 0 heterocycles. The molecule has 6 nitrogen and oxygen atoms in total. The van der Waals surface area contributed by atoms with Crippen LogP contribution in [-0.2, 0) is 28.6 Å². The second-order valence-corrected chi connectivity index (χ2v) is 19.2. The molecule has 0 radical (unpaired) electrons. The SMILES string of the molecule is CCCCC/C=C\C/C=C\CCCCCCCC(=O)OC[C@H](COC(=O)CCCCCCCCC/C=C\CCCCCCCC)OC(=O)CCCCCCC/C=C\CCCCCCCCC. The van der Waals surface area contributed by atoms with Gasteiger partial charge in [0, 0.05) is 19.3 Å². The highest BCUT2D eigenvalue weighted by Gasteiger charge is 2.19. The van der Waals surface area contributed by atoms with Gasteiger partial charge in [-0.3, -0.25) is 14.4 Å². The van der Waals surface area contributed by atoms with Crippen molar-refractivity contribution < 1.29 is 28.6 Å². The Morgan fingerprint density at radius 2 is 0.545 bits per heavy atom. The van der Waals surface area contributed by atoms with E-state index in [0.717, 1.165) is 89.9 Å². The average molecular weight is 926 g/mol. The minimum Gasteiger partial charge on any atom is -0.462 e. The molecule has 0 aliphatic rings. The maximum absolute atomic E-state index is 12.8. The van der Waals surface area contributed by atoms with Gasteiger partial charge >= 0.3 is 17.9 Å². The molecule has 6 heteroatoms. The molecule has 0 saturated carbocycles. The largest absolute Gasteiger partial charge is 0.462 e. The highest BCUT2D eigenvalue weighted by Crippen LogP contribution is 2.15. The summed E-state index contributed by atoms with van der Waals surface area (Å²) in [5.74, 6) is -0.896. The predicted octanol–water partition coefficient (Wildman–Crippen LogP) is 19.0. The Morgan fingerprint density at radius 3 is 0.879 bits per heavy atom. The number of hydrogen-bond donors (Lipinski definition) is 0. The fourth-order valence-corrected chi connectivity index (χ4v) is 8.17. The van der Waals surface area contributed by atoms with E-state index in [0.29, 0.717) is 19.3 Å². The lowest BCUT2D eigenvalue weighted by molar-refractivity contribution is -0.167. The Hall–Kier alpha value is -2.63. The molecular formula is C60H108O6. The van der Waals surface area contributed by atoms with Crippen LogP contribution in [0, 0.1) is 0 Å². The molecule has 0 aliphatic carbocycles. The summed E-state index contributed by atoms with van der Waals surface area (Å²) in [5, 5.41) is 0. The fourth-order valence-electron chi connectivity index (χ4n) is 8.17. The Labute approximate surface area is 409 Å². The van der Waals surface area contributed by atoms with Crippen LogP contribution < -0.4 is 0 Å². The number of unbranched alkanes of at least 4 members (excludes halogenated alkanes) is 33. The highest BCUT2D eigenvalue weighted by molar-refractivity contribution is 5.71. The van der Waals surface area contributed by atoms with E-state index >= 15 is 0 Å². The van der Waals surface area contributed by atoms with Gasteiger partial charge in [0.05, 0.1) is 0 Å². The second-order valence-electron chi connectivity index (χ2n) is 19.2. The maximum atomic E-state index is 12.8. The maximum Gasteiger partial charge on any atom is 0.306 e. The van der Waals surface area contributed by atoms with Gasteiger partial charge in [-0.2, -0.15) is 0 Å². The standard InChI is InChI=1S/C60H108O6/c1-4-7-10-13-16-19-22-25-28-30-33-35-38-41-44-47-50-53-59(62)65-56-57(55-64-58(61)52-49-46-43-40-37-34-31-27-24-21-18-15-12-9-6-3)66-60(63)54-51-48-45-42-39-36-32-29-26-23-20-17-14-11-8-5-2/h18,21,25,27-29,31-32,57H,4-17,19-20,22-24,26,30,33-56H2,1-3H3/b21-18-,28-25-,31-27-,32-29-/t57-/m1/s1. The molecule has 0 aromatic rings. The molecule has 0 amide bonds. The number of carbonyl (C=O) groups excluding carboxylic acids is 3. The van der Waals surface area contributed by atoms with E-state index < -0.39 is 6.10 Å². The van der Waals surface area contributed by atoms with Crippen LogP contribution in [0.15, 0.2) is 48.6 Å². The van der Waals surface area contributed by atoms with Crippen molar-refractivity contribution in [3.63, 3.8) is 0 Å². The van der Waals surface area contributed by atoms with E-state index in [1.165, 1.54) is 167 Å². The minimum absolute atomic E-state index is 0.0819. The Kier molecular flexibility index (Phi) is 52.8. The van der Waals surface area contributed by atoms with Gasteiger partial charge < -0.3 is 14.2 Å². The van der Waals surface area contributed by atoms with E-state index in [2.05, 4.69) is 69.4 Å². The van der Waals surface area contributed by atoms with Crippen LogP contribution >= 0.6 is 0 Å². The van der Waals surface area contributed by atoms with Crippen molar-refractivity contribution in [3.8, 4) is 0 Å². The molecule has 0 rings (SSSR count). The minimum atomic E-state index is -0.784. The topological polar surface area (TPSA) is 78.9 Å². The third-order valence-corrected chi connectivity index (χ3v) is 12.5. The van der Waals surface area contributed by atoms with Crippen molar-refractivity contribution in [2.75, 3.05) is 13.2 Å². The van der Waals surface area contributed by atoms with Crippen molar-refractivity contribution in [2.24, 2.45) is 0 Å². The molecule has 0 N–H and O–H groups in total. The number of carbonyl (C=O) groups is 3. The second kappa shape index (κ2) is 55.0. The lowest BCUT2D eigenvalue weighted by Gasteiger charge is -2.18. The Balaban J connectivity index is 4.40. The van der Waals surface area contributed by atoms with Crippen molar-refractivity contribution in [1.29, 1.82) is 0 Å². The molecule has 0 aromatic carbocycles. The smallest absolute Gasteiger partial charge is 0.306 e. The zero-order chi connectivity index (χ0) is 47.9. The summed E-state index contributed by atoms with van der Waals surface area (Å²) in [6, 6.07) is 0. The number of hydrogen-bond acceptors (Lipinski definition) is 6. The first kappa shape index (κ1) is 63.4. The van der Waals surface area contributed by atoms with Crippen LogP contribution in [0.1, 0.15) is 297 Å². The highest BCUT2D eigenvalue weighted by atomic mass is 16.6. The van der Waals surface area contributed by atoms with Crippen LogP contribution in [0.4, 0.5) is 0 Å². The van der Waals surface area contributed by atoms with Gasteiger partial charge in [-0.05, 0) is 103 Å². The predicted molar refractivity (Wildman–Crippen MR) is 284 cm³/mol. The summed E-state index contributed by atoms with van der Waals surface area (Å²) in [7, 11) is 0. The molecule has 0 unspecified atom stereocenters. The summed E-state index contributed by atoms with van der Waals surface area (Å²) < 4.78 is 16.9. The number of esters is 3. The Bertz CT molecular complexity index is 1150. The van der Waals surface area contributed by atoms with Crippen LogP contribution in [0.2, 0.25) is 0 Å². The monoisotopic (exact) mass is 925 g/mol. The van der Waals surface area contributed by atoms with Crippen molar-refractivity contribution in [1.82, 2.24) is 0 Å². The molecule has 0 aromatic heterocycles. The van der Waals surface area contributed by atoms with Crippen LogP contribution in [0.5, 0.6) is 0 Å². The fraction of sp³-hybridized carbons (Fsp3) is 0.817. The van der Waals surface area contributed by atoms with Crippen LogP contribution in [-0.4, -0.2) is 37.2 Å². The lowest BCUT2D eigenvalue weighted by atomic mass is 10.1. The van der Waals surface area contributed by atoms with Crippen LogP contribution in [0.25, 0.3) is 0 Å². The van der Waals surface area contributed by atoms with E-state index in [-0.39, 0.29) is 31.1 Å². The summed E-state index contributed by atoms with van der Waals surface area (Å²) in [4.78, 5) is 38.1. The summed E-state index contributed by atoms with van der Waals surface area (Å²) in [6.07, 6.45) is 66.6.